The van der Waals surface area contributed by atoms with Crippen LogP contribution < -0.4 is 10.5 Å². The Bertz CT molecular complexity index is 290. The van der Waals surface area contributed by atoms with Crippen molar-refractivity contribution in [2.45, 2.75) is 19.8 Å². The summed E-state index contributed by atoms with van der Waals surface area (Å²) in [7, 11) is 0. The van der Waals surface area contributed by atoms with Crippen LogP contribution in [0.4, 0.5) is 0 Å². The Labute approximate surface area is 91.7 Å². The molecule has 0 aliphatic carbocycles. The lowest BCUT2D eigenvalue weighted by Crippen LogP contribution is -1.96. The van der Waals surface area contributed by atoms with Crippen molar-refractivity contribution in [2.24, 2.45) is 5.73 Å². The molecule has 1 aromatic rings. The second-order valence-electron chi connectivity index (χ2n) is 3.41. The van der Waals surface area contributed by atoms with Gasteiger partial charge in [0.2, 0.25) is 0 Å². The van der Waals surface area contributed by atoms with Gasteiger partial charge in [-0.15, -0.1) is 0 Å². The van der Waals surface area contributed by atoms with Gasteiger partial charge in [-0.1, -0.05) is 37.6 Å². The van der Waals surface area contributed by atoms with Crippen LogP contribution in [0.15, 0.2) is 30.3 Å². The molecule has 0 bridgehead atoms. The monoisotopic (exact) mass is 205 g/mol. The van der Waals surface area contributed by atoms with Gasteiger partial charge in [0.1, 0.15) is 5.75 Å². The minimum absolute atomic E-state index is 0.578. The summed E-state index contributed by atoms with van der Waals surface area (Å²) in [6, 6.07) is 8.05. The molecule has 0 saturated heterocycles. The van der Waals surface area contributed by atoms with Crippen molar-refractivity contribution in [1.82, 2.24) is 0 Å². The first-order chi connectivity index (χ1) is 7.36. The zero-order valence-electron chi connectivity index (χ0n) is 9.28. The van der Waals surface area contributed by atoms with Gasteiger partial charge in [0.15, 0.2) is 0 Å². The number of hydrogen-bond acceptors (Lipinski definition) is 2. The fourth-order valence-electron chi connectivity index (χ4n) is 1.21. The van der Waals surface area contributed by atoms with Crippen molar-refractivity contribution in [1.29, 1.82) is 0 Å². The summed E-state index contributed by atoms with van der Waals surface area (Å²) in [5.41, 5.74) is 6.53. The molecule has 0 aromatic heterocycles. The largest absolute Gasteiger partial charge is 0.494 e. The van der Waals surface area contributed by atoms with Crippen LogP contribution in [-0.2, 0) is 0 Å². The van der Waals surface area contributed by atoms with E-state index in [0.29, 0.717) is 6.54 Å². The minimum atomic E-state index is 0.578. The van der Waals surface area contributed by atoms with Gasteiger partial charge in [-0.05, 0) is 24.1 Å². The summed E-state index contributed by atoms with van der Waals surface area (Å²) < 4.78 is 5.56. The first-order valence-corrected chi connectivity index (χ1v) is 5.46. The Balaban J connectivity index is 2.45. The standard InChI is InChI=1S/C13H19NO/c1-2-3-11-15-13-8-6-12(7-9-13)5-4-10-14/h4-9H,2-3,10-11,14H2,1H3. The molecule has 15 heavy (non-hydrogen) atoms. The van der Waals surface area contributed by atoms with Gasteiger partial charge >= 0.3 is 0 Å². The maximum absolute atomic E-state index is 5.56. The molecule has 2 heteroatoms. The Kier molecular flexibility index (Phi) is 5.56. The van der Waals surface area contributed by atoms with Crippen molar-refractivity contribution in [3.63, 3.8) is 0 Å². The fourth-order valence-corrected chi connectivity index (χ4v) is 1.21. The Morgan fingerprint density at radius 2 is 2.00 bits per heavy atom. The second kappa shape index (κ2) is 7.07. The van der Waals surface area contributed by atoms with Gasteiger partial charge in [0.05, 0.1) is 6.61 Å². The van der Waals surface area contributed by atoms with Crippen LogP contribution in [0, 0.1) is 0 Å². The number of unbranched alkanes of at least 4 members (excludes halogenated alkanes) is 1. The second-order valence-corrected chi connectivity index (χ2v) is 3.41. The summed E-state index contributed by atoms with van der Waals surface area (Å²) in [6.07, 6.45) is 6.22. The first-order valence-electron chi connectivity index (χ1n) is 5.46. The molecular formula is C13H19NO. The first kappa shape index (κ1) is 11.8. The van der Waals surface area contributed by atoms with E-state index in [1.165, 1.54) is 0 Å². The molecular weight excluding hydrogens is 186 g/mol. The molecule has 0 saturated carbocycles. The molecule has 2 N–H and O–H groups in total. The van der Waals surface area contributed by atoms with Crippen molar-refractivity contribution in [2.75, 3.05) is 13.2 Å². The molecule has 0 amide bonds. The zero-order valence-corrected chi connectivity index (χ0v) is 9.28. The van der Waals surface area contributed by atoms with Crippen molar-refractivity contribution < 1.29 is 4.74 Å². The normalized spacial score (nSPS) is 10.8. The van der Waals surface area contributed by atoms with Crippen molar-refractivity contribution >= 4 is 6.08 Å². The Morgan fingerprint density at radius 1 is 1.27 bits per heavy atom. The highest BCUT2D eigenvalue weighted by Gasteiger charge is 1.92. The van der Waals surface area contributed by atoms with E-state index in [4.69, 9.17) is 10.5 Å². The van der Waals surface area contributed by atoms with Crippen LogP contribution in [0.3, 0.4) is 0 Å². The van der Waals surface area contributed by atoms with Crippen LogP contribution in [-0.4, -0.2) is 13.2 Å². The summed E-state index contributed by atoms with van der Waals surface area (Å²) in [6.45, 7) is 3.54. The maximum Gasteiger partial charge on any atom is 0.119 e. The number of benzene rings is 1. The van der Waals surface area contributed by atoms with E-state index in [2.05, 4.69) is 6.92 Å². The van der Waals surface area contributed by atoms with E-state index in [-0.39, 0.29) is 0 Å². The predicted octanol–water partition coefficient (Wildman–Crippen LogP) is 2.84. The highest BCUT2D eigenvalue weighted by molar-refractivity contribution is 5.50. The molecule has 82 valence electrons. The summed E-state index contributed by atoms with van der Waals surface area (Å²) in [5, 5.41) is 0. The minimum Gasteiger partial charge on any atom is -0.494 e. The van der Waals surface area contributed by atoms with E-state index in [9.17, 15) is 0 Å². The molecule has 0 radical (unpaired) electrons. The van der Waals surface area contributed by atoms with E-state index in [1.807, 2.05) is 36.4 Å². The molecule has 2 nitrogen and oxygen atoms in total. The zero-order chi connectivity index (χ0) is 10.9. The van der Waals surface area contributed by atoms with E-state index >= 15 is 0 Å². The molecule has 0 unspecified atom stereocenters. The van der Waals surface area contributed by atoms with Crippen molar-refractivity contribution in [3.05, 3.63) is 35.9 Å². The van der Waals surface area contributed by atoms with Gasteiger partial charge in [-0.3, -0.25) is 0 Å². The van der Waals surface area contributed by atoms with Gasteiger partial charge in [0.25, 0.3) is 0 Å². The molecule has 0 aliphatic heterocycles. The van der Waals surface area contributed by atoms with E-state index in [0.717, 1.165) is 30.8 Å². The maximum atomic E-state index is 5.56. The van der Waals surface area contributed by atoms with Crippen LogP contribution in [0.1, 0.15) is 25.3 Å². The highest BCUT2D eigenvalue weighted by atomic mass is 16.5. The third kappa shape index (κ3) is 4.66. The Morgan fingerprint density at radius 3 is 2.60 bits per heavy atom. The van der Waals surface area contributed by atoms with Crippen molar-refractivity contribution in [3.8, 4) is 5.75 Å². The number of rotatable bonds is 6. The molecule has 0 fully saturated rings. The van der Waals surface area contributed by atoms with Crippen LogP contribution in [0.25, 0.3) is 6.08 Å². The highest BCUT2D eigenvalue weighted by Crippen LogP contribution is 2.13. The SMILES string of the molecule is CCCCOc1ccc(C=CCN)cc1. The Hall–Kier alpha value is -1.28. The summed E-state index contributed by atoms with van der Waals surface area (Å²) in [4.78, 5) is 0. The lowest BCUT2D eigenvalue weighted by atomic mass is 10.2. The number of hydrogen-bond donors (Lipinski definition) is 1. The van der Waals surface area contributed by atoms with Gasteiger partial charge in [-0.2, -0.15) is 0 Å². The average Bonchev–Trinajstić information content (AvgIpc) is 2.28. The molecule has 1 aromatic carbocycles. The molecule has 0 aliphatic rings. The van der Waals surface area contributed by atoms with Gasteiger partial charge in [0, 0.05) is 6.54 Å². The molecule has 0 heterocycles. The number of ether oxygens (including phenoxy) is 1. The predicted molar refractivity (Wildman–Crippen MR) is 64.9 cm³/mol. The molecule has 1 rings (SSSR count). The fraction of sp³-hybridized carbons (Fsp3) is 0.385. The average molecular weight is 205 g/mol. The quantitative estimate of drug-likeness (QED) is 0.725. The van der Waals surface area contributed by atoms with E-state index < -0.39 is 0 Å². The number of nitrogens with two attached hydrogens (primary N) is 1. The third-order valence-electron chi connectivity index (χ3n) is 2.09. The molecule has 0 spiro atoms. The lowest BCUT2D eigenvalue weighted by Gasteiger charge is -2.04. The van der Waals surface area contributed by atoms with Crippen LogP contribution in [0.5, 0.6) is 5.75 Å². The van der Waals surface area contributed by atoms with Crippen LogP contribution in [0.2, 0.25) is 0 Å². The van der Waals surface area contributed by atoms with Crippen LogP contribution >= 0.6 is 0 Å². The molecule has 0 atom stereocenters. The summed E-state index contributed by atoms with van der Waals surface area (Å²) >= 11 is 0. The third-order valence-corrected chi connectivity index (χ3v) is 2.09. The van der Waals surface area contributed by atoms with Gasteiger partial charge < -0.3 is 10.5 Å². The van der Waals surface area contributed by atoms with Gasteiger partial charge in [-0.25, -0.2) is 0 Å². The lowest BCUT2D eigenvalue weighted by molar-refractivity contribution is 0.309. The van der Waals surface area contributed by atoms with E-state index in [1.54, 1.807) is 0 Å². The topological polar surface area (TPSA) is 35.2 Å². The smallest absolute Gasteiger partial charge is 0.119 e. The summed E-state index contributed by atoms with van der Waals surface area (Å²) in [5.74, 6) is 0.938.